The molecule has 1 atom stereocenters. The summed E-state index contributed by atoms with van der Waals surface area (Å²) in [6, 6.07) is 7.81. The van der Waals surface area contributed by atoms with E-state index < -0.39 is 5.60 Å². The number of benzene rings is 1. The van der Waals surface area contributed by atoms with Crippen LogP contribution in [0.15, 0.2) is 24.3 Å². The van der Waals surface area contributed by atoms with E-state index in [9.17, 15) is 9.59 Å². The number of para-hydroxylation sites is 2. The van der Waals surface area contributed by atoms with Crippen molar-refractivity contribution in [3.8, 4) is 0 Å². The average Bonchev–Trinajstić information content (AvgIpc) is 3.22. The van der Waals surface area contributed by atoms with Crippen LogP contribution in [0.1, 0.15) is 31.5 Å². The second-order valence-corrected chi connectivity index (χ2v) is 6.64. The Morgan fingerprint density at radius 3 is 2.96 bits per heavy atom. The van der Waals surface area contributed by atoms with Crippen molar-refractivity contribution in [3.05, 3.63) is 30.1 Å². The van der Waals surface area contributed by atoms with Crippen LogP contribution in [0.3, 0.4) is 0 Å². The summed E-state index contributed by atoms with van der Waals surface area (Å²) in [7, 11) is 0. The fraction of sp³-hybridized carbons (Fsp3) is 0.500. The van der Waals surface area contributed by atoms with Gasteiger partial charge in [0, 0.05) is 32.4 Å². The van der Waals surface area contributed by atoms with Crippen molar-refractivity contribution in [2.45, 2.75) is 37.7 Å². The number of aryl methyl sites for hydroxylation is 1. The van der Waals surface area contributed by atoms with Gasteiger partial charge in [0.1, 0.15) is 11.4 Å². The highest BCUT2D eigenvalue weighted by molar-refractivity contribution is 5.93. The molecule has 1 aromatic carbocycles. The highest BCUT2D eigenvalue weighted by atomic mass is 16.5. The zero-order chi connectivity index (χ0) is 16.6. The summed E-state index contributed by atoms with van der Waals surface area (Å²) in [6.07, 6.45) is 3.28. The van der Waals surface area contributed by atoms with Gasteiger partial charge >= 0.3 is 0 Å². The Morgan fingerprint density at radius 1 is 1.33 bits per heavy atom. The maximum absolute atomic E-state index is 12.4. The highest BCUT2D eigenvalue weighted by Crippen LogP contribution is 2.33. The minimum atomic E-state index is -0.602. The summed E-state index contributed by atoms with van der Waals surface area (Å²) < 4.78 is 5.68. The molecule has 2 aliphatic heterocycles. The van der Waals surface area contributed by atoms with Gasteiger partial charge in [0.15, 0.2) is 5.78 Å². The number of hydrogen-bond donors (Lipinski definition) is 1. The van der Waals surface area contributed by atoms with Crippen LogP contribution in [0.4, 0.5) is 0 Å². The second kappa shape index (κ2) is 6.02. The molecule has 6 nitrogen and oxygen atoms in total. The number of ketones is 1. The zero-order valence-corrected chi connectivity index (χ0v) is 13.6. The standard InChI is InChI=1S/C18H21N3O3/c22-15-12-21(10-9-18(15)8-3-11-24-18)17(23)7-6-16-19-13-4-1-2-5-14(13)20-16/h1-2,4-5H,3,6-12H2,(H,19,20)/t18-/m0/s1. The Bertz CT molecular complexity index is 744. The SMILES string of the molecule is O=C(CCc1nc2ccccc2[nH]1)N1CC[C@@]2(CCCO2)C(=O)C1. The summed E-state index contributed by atoms with van der Waals surface area (Å²) >= 11 is 0. The van der Waals surface area contributed by atoms with E-state index in [2.05, 4.69) is 9.97 Å². The monoisotopic (exact) mass is 327 g/mol. The summed E-state index contributed by atoms with van der Waals surface area (Å²) in [4.78, 5) is 34.2. The minimum absolute atomic E-state index is 0.0108. The third kappa shape index (κ3) is 2.71. The molecule has 6 heteroatoms. The molecular formula is C18H21N3O3. The minimum Gasteiger partial charge on any atom is -0.367 e. The average molecular weight is 327 g/mol. The van der Waals surface area contributed by atoms with Crippen LogP contribution in [0, 0.1) is 0 Å². The summed E-state index contributed by atoms with van der Waals surface area (Å²) in [5, 5.41) is 0. The van der Waals surface area contributed by atoms with Crippen molar-refractivity contribution in [2.75, 3.05) is 19.7 Å². The molecule has 24 heavy (non-hydrogen) atoms. The number of nitrogens with zero attached hydrogens (tertiary/aromatic N) is 2. The summed E-state index contributed by atoms with van der Waals surface area (Å²) in [5.74, 6) is 0.878. The molecule has 2 saturated heterocycles. The molecule has 3 heterocycles. The van der Waals surface area contributed by atoms with Crippen LogP contribution in [-0.2, 0) is 20.7 Å². The van der Waals surface area contributed by atoms with Crippen LogP contribution < -0.4 is 0 Å². The third-order valence-corrected chi connectivity index (χ3v) is 5.10. The number of amides is 1. The van der Waals surface area contributed by atoms with E-state index in [0.29, 0.717) is 32.4 Å². The molecule has 1 amide bonds. The Hall–Kier alpha value is -2.21. The van der Waals surface area contributed by atoms with E-state index in [-0.39, 0.29) is 18.2 Å². The lowest BCUT2D eigenvalue weighted by Crippen LogP contribution is -2.53. The number of aromatic nitrogens is 2. The van der Waals surface area contributed by atoms with Crippen molar-refractivity contribution < 1.29 is 14.3 Å². The predicted octanol–water partition coefficient (Wildman–Crippen LogP) is 1.85. The smallest absolute Gasteiger partial charge is 0.223 e. The Kier molecular flexibility index (Phi) is 3.84. The maximum Gasteiger partial charge on any atom is 0.223 e. The molecule has 0 aliphatic carbocycles. The molecule has 2 aliphatic rings. The molecule has 1 N–H and O–H groups in total. The number of carbonyl (C=O) groups is 2. The lowest BCUT2D eigenvalue weighted by molar-refractivity contribution is -0.152. The largest absolute Gasteiger partial charge is 0.367 e. The number of rotatable bonds is 3. The van der Waals surface area contributed by atoms with E-state index in [1.807, 2.05) is 24.3 Å². The van der Waals surface area contributed by atoms with Crippen molar-refractivity contribution in [1.82, 2.24) is 14.9 Å². The third-order valence-electron chi connectivity index (χ3n) is 5.10. The van der Waals surface area contributed by atoms with E-state index in [1.54, 1.807) is 4.90 Å². The maximum atomic E-state index is 12.4. The quantitative estimate of drug-likeness (QED) is 0.933. The molecule has 4 rings (SSSR count). The molecule has 2 fully saturated rings. The number of likely N-dealkylation sites (tertiary alicyclic amines) is 1. The molecule has 0 radical (unpaired) electrons. The molecule has 1 spiro atoms. The van der Waals surface area contributed by atoms with Gasteiger partial charge in [-0.05, 0) is 25.0 Å². The fourth-order valence-corrected chi connectivity index (χ4v) is 3.69. The molecular weight excluding hydrogens is 306 g/mol. The van der Waals surface area contributed by atoms with Gasteiger partial charge < -0.3 is 14.6 Å². The molecule has 0 bridgehead atoms. The van der Waals surface area contributed by atoms with Crippen molar-refractivity contribution in [1.29, 1.82) is 0 Å². The number of imidazole rings is 1. The Morgan fingerprint density at radius 2 is 2.21 bits per heavy atom. The van der Waals surface area contributed by atoms with E-state index in [4.69, 9.17) is 4.74 Å². The molecule has 0 saturated carbocycles. The second-order valence-electron chi connectivity index (χ2n) is 6.64. The topological polar surface area (TPSA) is 75.3 Å². The van der Waals surface area contributed by atoms with Crippen LogP contribution in [-0.4, -0.2) is 51.9 Å². The van der Waals surface area contributed by atoms with Gasteiger partial charge in [-0.15, -0.1) is 0 Å². The van der Waals surface area contributed by atoms with Gasteiger partial charge in [-0.3, -0.25) is 9.59 Å². The number of H-pyrrole nitrogens is 1. The van der Waals surface area contributed by atoms with Gasteiger partial charge in [-0.1, -0.05) is 12.1 Å². The normalized spacial score (nSPS) is 24.2. The number of hydrogen-bond acceptors (Lipinski definition) is 4. The van der Waals surface area contributed by atoms with Crippen LogP contribution >= 0.6 is 0 Å². The first-order chi connectivity index (χ1) is 11.7. The van der Waals surface area contributed by atoms with Gasteiger partial charge in [-0.25, -0.2) is 4.98 Å². The van der Waals surface area contributed by atoms with Crippen LogP contribution in [0.25, 0.3) is 11.0 Å². The van der Waals surface area contributed by atoms with Crippen LogP contribution in [0.2, 0.25) is 0 Å². The predicted molar refractivity (Wildman–Crippen MR) is 88.5 cm³/mol. The first kappa shape index (κ1) is 15.3. The first-order valence-electron chi connectivity index (χ1n) is 8.55. The van der Waals surface area contributed by atoms with E-state index in [0.717, 1.165) is 29.7 Å². The number of fused-ring (bicyclic) bond motifs is 1. The number of aromatic amines is 1. The summed E-state index contributed by atoms with van der Waals surface area (Å²) in [6.45, 7) is 1.44. The molecule has 0 unspecified atom stereocenters. The molecule has 2 aromatic rings. The molecule has 126 valence electrons. The number of piperidine rings is 1. The first-order valence-corrected chi connectivity index (χ1v) is 8.55. The van der Waals surface area contributed by atoms with Gasteiger partial charge in [-0.2, -0.15) is 0 Å². The number of carbonyl (C=O) groups excluding carboxylic acids is 2. The Labute approximate surface area is 140 Å². The van der Waals surface area contributed by atoms with E-state index in [1.165, 1.54) is 0 Å². The van der Waals surface area contributed by atoms with Crippen molar-refractivity contribution in [2.24, 2.45) is 0 Å². The number of ether oxygens (including phenoxy) is 1. The molecule has 1 aromatic heterocycles. The van der Waals surface area contributed by atoms with Gasteiger partial charge in [0.2, 0.25) is 5.91 Å². The summed E-state index contributed by atoms with van der Waals surface area (Å²) in [5.41, 5.74) is 1.29. The van der Waals surface area contributed by atoms with E-state index >= 15 is 0 Å². The lowest BCUT2D eigenvalue weighted by atomic mass is 9.87. The van der Waals surface area contributed by atoms with Crippen molar-refractivity contribution in [3.63, 3.8) is 0 Å². The number of nitrogens with one attached hydrogen (secondary N) is 1. The van der Waals surface area contributed by atoms with Crippen LogP contribution in [0.5, 0.6) is 0 Å². The fourth-order valence-electron chi connectivity index (χ4n) is 3.69. The zero-order valence-electron chi connectivity index (χ0n) is 13.6. The van der Waals surface area contributed by atoms with Gasteiger partial charge in [0.25, 0.3) is 0 Å². The lowest BCUT2D eigenvalue weighted by Gasteiger charge is -2.37. The number of Topliss-reactive ketones (excluding diaryl/α,β-unsaturated/α-hetero) is 1. The highest BCUT2D eigenvalue weighted by Gasteiger charge is 2.46. The van der Waals surface area contributed by atoms with Crippen molar-refractivity contribution >= 4 is 22.7 Å². The van der Waals surface area contributed by atoms with Gasteiger partial charge in [0.05, 0.1) is 17.6 Å². The Balaban J connectivity index is 1.35.